The lowest BCUT2D eigenvalue weighted by molar-refractivity contribution is -0.144. The maximum Gasteiger partial charge on any atom is 0.247 e. The number of aliphatic hydroxyl groups excluding tert-OH is 1. The lowest BCUT2D eigenvalue weighted by Crippen LogP contribution is -2.56. The smallest absolute Gasteiger partial charge is 0.247 e. The van der Waals surface area contributed by atoms with Crippen LogP contribution in [0, 0.1) is 39.9 Å². The van der Waals surface area contributed by atoms with Crippen LogP contribution in [0.5, 0.6) is 0 Å². The Labute approximate surface area is 233 Å². The first-order chi connectivity index (χ1) is 18.9. The summed E-state index contributed by atoms with van der Waals surface area (Å²) in [6.07, 6.45) is 9.70. The van der Waals surface area contributed by atoms with E-state index in [1.807, 2.05) is 0 Å². The van der Waals surface area contributed by atoms with E-state index < -0.39 is 0 Å². The summed E-state index contributed by atoms with van der Waals surface area (Å²) in [6.45, 7) is 9.64. The van der Waals surface area contributed by atoms with E-state index >= 15 is 0 Å². The number of amides is 1. The quantitative estimate of drug-likeness (QED) is 0.561. The van der Waals surface area contributed by atoms with Crippen LogP contribution in [0.15, 0.2) is 11.6 Å². The molecule has 0 aromatic carbocycles. The van der Waals surface area contributed by atoms with E-state index in [0.717, 1.165) is 30.8 Å². The third-order valence-corrected chi connectivity index (χ3v) is 11.9. The number of carbonyl (C=O) groups is 1. The van der Waals surface area contributed by atoms with Gasteiger partial charge < -0.3 is 34.1 Å². The van der Waals surface area contributed by atoms with E-state index in [1.54, 1.807) is 0 Å². The number of allylic oxidation sites excluding steroid dienone is 1. The number of hydrogen-bond acceptors (Lipinski definition) is 7. The minimum Gasteiger partial charge on any atom is -0.393 e. The number of hydrogen-bond donors (Lipinski definition) is 2. The maximum absolute atomic E-state index is 13.6. The van der Waals surface area contributed by atoms with E-state index in [2.05, 4.69) is 25.2 Å². The Kier molecular flexibility index (Phi) is 8.17. The van der Waals surface area contributed by atoms with E-state index in [0.29, 0.717) is 83.8 Å². The summed E-state index contributed by atoms with van der Waals surface area (Å²) < 4.78 is 28.4. The van der Waals surface area contributed by atoms with Crippen LogP contribution in [0.1, 0.15) is 58.8 Å². The van der Waals surface area contributed by atoms with Gasteiger partial charge in [-0.15, -0.1) is 0 Å². The van der Waals surface area contributed by atoms with Gasteiger partial charge in [0.1, 0.15) is 0 Å². The van der Waals surface area contributed by atoms with E-state index in [-0.39, 0.29) is 34.4 Å². The number of ether oxygens (including phenoxy) is 5. The summed E-state index contributed by atoms with van der Waals surface area (Å²) >= 11 is 0. The molecule has 6 aliphatic rings. The molecule has 5 fully saturated rings. The summed E-state index contributed by atoms with van der Waals surface area (Å²) in [7, 11) is 0. The molecule has 0 aromatic heterocycles. The molecule has 1 amide bonds. The van der Waals surface area contributed by atoms with Gasteiger partial charge in [-0.1, -0.05) is 19.9 Å². The molecule has 1 unspecified atom stereocenters. The number of rotatable bonds is 3. The molecule has 2 N–H and O–H groups in total. The largest absolute Gasteiger partial charge is 0.393 e. The van der Waals surface area contributed by atoms with Gasteiger partial charge in [0.15, 0.2) is 0 Å². The summed E-state index contributed by atoms with van der Waals surface area (Å²) in [5.41, 5.74) is 1.29. The number of fused-ring (bicyclic) bond motifs is 4. The zero-order chi connectivity index (χ0) is 27.1. The second-order valence-corrected chi connectivity index (χ2v) is 13.5. The minimum atomic E-state index is -0.251. The van der Waals surface area contributed by atoms with Crippen LogP contribution < -0.4 is 5.32 Å². The number of aliphatic hydroxyl groups is 1. The second kappa shape index (κ2) is 11.3. The third kappa shape index (κ3) is 4.91. The Morgan fingerprint density at radius 1 is 0.949 bits per heavy atom. The molecule has 0 aromatic rings. The zero-order valence-electron chi connectivity index (χ0n) is 24.0. The summed E-state index contributed by atoms with van der Waals surface area (Å²) in [5.74, 6) is 2.40. The summed E-state index contributed by atoms with van der Waals surface area (Å²) in [5, 5.41) is 14.6. The fourth-order valence-corrected chi connectivity index (χ4v) is 9.84. The molecule has 6 rings (SSSR count). The van der Waals surface area contributed by atoms with E-state index in [9.17, 15) is 9.90 Å². The van der Waals surface area contributed by atoms with Crippen molar-refractivity contribution in [1.29, 1.82) is 0 Å². The van der Waals surface area contributed by atoms with Gasteiger partial charge in [-0.05, 0) is 74.0 Å². The van der Waals surface area contributed by atoms with E-state index in [1.165, 1.54) is 25.7 Å². The Hall–Kier alpha value is -1.03. The SMILES string of the molecule is C[C@]12CC[C@H]3[C@@H](C[C@H](O)[C@]45C[C@H]4CC[C@]35C)[C@@H]1CC=C2C(=O)NCC1COCCOCCOCCOCCO1. The third-order valence-electron chi connectivity index (χ3n) is 11.9. The summed E-state index contributed by atoms with van der Waals surface area (Å²) in [6, 6.07) is 0. The Morgan fingerprint density at radius 3 is 2.36 bits per heavy atom. The lowest BCUT2D eigenvalue weighted by Gasteiger charge is -2.59. The van der Waals surface area contributed by atoms with Crippen molar-refractivity contribution in [3.8, 4) is 0 Å². The number of carbonyl (C=O) groups excluding carboxylic acids is 1. The topological polar surface area (TPSA) is 95.5 Å². The van der Waals surface area contributed by atoms with Gasteiger partial charge >= 0.3 is 0 Å². The van der Waals surface area contributed by atoms with Crippen LogP contribution in [0.3, 0.4) is 0 Å². The molecule has 5 aliphatic carbocycles. The van der Waals surface area contributed by atoms with Crippen LogP contribution in [-0.2, 0) is 28.5 Å². The van der Waals surface area contributed by atoms with Crippen LogP contribution in [-0.4, -0.2) is 89.2 Å². The van der Waals surface area contributed by atoms with Crippen molar-refractivity contribution in [3.63, 3.8) is 0 Å². The first kappa shape index (κ1) is 28.1. The molecule has 4 saturated carbocycles. The highest BCUT2D eigenvalue weighted by Crippen LogP contribution is 2.81. The van der Waals surface area contributed by atoms with Gasteiger partial charge in [-0.2, -0.15) is 0 Å². The van der Waals surface area contributed by atoms with Gasteiger partial charge in [-0.3, -0.25) is 4.79 Å². The van der Waals surface area contributed by atoms with Gasteiger partial charge in [0.05, 0.1) is 71.7 Å². The standard InChI is InChI=1S/C31H49NO7/c1-29-7-6-25-23(17-27(33)31-18-21(31)5-8-30(25,31)2)24(29)3-4-26(29)28(34)32-19-22-20-38-14-13-36-10-9-35-11-12-37-15-16-39-22/h4,21-25,27,33H,3,5-20H2,1-2H3,(H,32,34)/t21-,22?,23+,24+,25+,27+,29+,30-,31+/m1/s1. The molecule has 0 bridgehead atoms. The fourth-order valence-electron chi connectivity index (χ4n) is 9.84. The molecular formula is C31H49NO7. The average molecular weight is 548 g/mol. The molecule has 8 nitrogen and oxygen atoms in total. The lowest BCUT2D eigenvalue weighted by atomic mass is 9.45. The highest BCUT2D eigenvalue weighted by molar-refractivity contribution is 5.95. The monoisotopic (exact) mass is 547 g/mol. The van der Waals surface area contributed by atoms with Gasteiger partial charge in [0.25, 0.3) is 0 Å². The van der Waals surface area contributed by atoms with Crippen molar-refractivity contribution in [1.82, 2.24) is 5.32 Å². The van der Waals surface area contributed by atoms with E-state index in [4.69, 9.17) is 23.7 Å². The molecule has 39 heavy (non-hydrogen) atoms. The molecule has 220 valence electrons. The molecule has 1 spiro atoms. The molecule has 1 aliphatic heterocycles. The Bertz CT molecular complexity index is 911. The van der Waals surface area contributed by atoms with Crippen molar-refractivity contribution in [2.45, 2.75) is 71.0 Å². The molecule has 1 heterocycles. The van der Waals surface area contributed by atoms with Crippen LogP contribution in [0.2, 0.25) is 0 Å². The predicted molar refractivity (Wildman–Crippen MR) is 145 cm³/mol. The minimum absolute atomic E-state index is 0.0248. The normalized spacial score (nSPS) is 46.9. The zero-order valence-corrected chi connectivity index (χ0v) is 24.0. The predicted octanol–water partition coefficient (Wildman–Crippen LogP) is 3.12. The van der Waals surface area contributed by atoms with Crippen molar-refractivity contribution < 1.29 is 33.6 Å². The van der Waals surface area contributed by atoms with Crippen LogP contribution >= 0.6 is 0 Å². The molecule has 9 atom stereocenters. The summed E-state index contributed by atoms with van der Waals surface area (Å²) in [4.78, 5) is 13.6. The first-order valence-corrected chi connectivity index (χ1v) is 15.5. The van der Waals surface area contributed by atoms with Crippen molar-refractivity contribution >= 4 is 5.91 Å². The molecule has 8 heteroatoms. The van der Waals surface area contributed by atoms with Gasteiger partial charge in [0.2, 0.25) is 5.91 Å². The highest BCUT2D eigenvalue weighted by Gasteiger charge is 2.77. The van der Waals surface area contributed by atoms with Crippen LogP contribution in [0.4, 0.5) is 0 Å². The Balaban J connectivity index is 1.05. The number of nitrogens with one attached hydrogen (secondary N) is 1. The van der Waals surface area contributed by atoms with Crippen LogP contribution in [0.25, 0.3) is 0 Å². The maximum atomic E-state index is 13.6. The van der Waals surface area contributed by atoms with Crippen molar-refractivity contribution in [3.05, 3.63) is 11.6 Å². The second-order valence-electron chi connectivity index (χ2n) is 13.5. The molecule has 1 saturated heterocycles. The molecule has 0 radical (unpaired) electrons. The first-order valence-electron chi connectivity index (χ1n) is 15.5. The average Bonchev–Trinajstić information content (AvgIpc) is 3.45. The Morgan fingerprint density at radius 2 is 1.64 bits per heavy atom. The van der Waals surface area contributed by atoms with Crippen molar-refractivity contribution in [2.24, 2.45) is 39.9 Å². The highest BCUT2D eigenvalue weighted by atomic mass is 16.6. The van der Waals surface area contributed by atoms with Gasteiger partial charge in [0, 0.05) is 22.9 Å². The molecular weight excluding hydrogens is 498 g/mol. The fraction of sp³-hybridized carbons (Fsp3) is 0.903. The van der Waals surface area contributed by atoms with Crippen molar-refractivity contribution in [2.75, 3.05) is 66.0 Å². The van der Waals surface area contributed by atoms with Gasteiger partial charge in [-0.25, -0.2) is 0 Å².